The number of nitrogens with one attached hydrogen (secondary N) is 2. The Kier molecular flexibility index (Phi) is 6.11. The quantitative estimate of drug-likeness (QED) is 0.783. The third-order valence-corrected chi connectivity index (χ3v) is 3.28. The van der Waals surface area contributed by atoms with Crippen LogP contribution in [0.2, 0.25) is 0 Å². The first-order chi connectivity index (χ1) is 8.22. The first kappa shape index (κ1) is 14.1. The van der Waals surface area contributed by atoms with Gasteiger partial charge in [-0.3, -0.25) is 0 Å². The topological polar surface area (TPSA) is 49.8 Å². The highest BCUT2D eigenvalue weighted by molar-refractivity contribution is 7.98. The van der Waals surface area contributed by atoms with E-state index in [0.29, 0.717) is 6.04 Å². The molecule has 17 heavy (non-hydrogen) atoms. The van der Waals surface area contributed by atoms with Gasteiger partial charge in [0, 0.05) is 23.9 Å². The van der Waals surface area contributed by atoms with Gasteiger partial charge in [0.05, 0.1) is 0 Å². The highest BCUT2D eigenvalue weighted by Gasteiger charge is 2.11. The van der Waals surface area contributed by atoms with Crippen molar-refractivity contribution in [1.82, 2.24) is 9.97 Å². The Morgan fingerprint density at radius 1 is 1.29 bits per heavy atom. The Bertz CT molecular complexity index is 343. The molecule has 0 fully saturated rings. The smallest absolute Gasteiger partial charge is 0.134 e. The number of rotatable bonds is 7. The second-order valence-corrected chi connectivity index (χ2v) is 4.84. The predicted molar refractivity (Wildman–Crippen MR) is 77.0 cm³/mol. The number of aromatic nitrogens is 2. The van der Waals surface area contributed by atoms with E-state index in [9.17, 15) is 0 Å². The molecule has 0 amide bonds. The molecular formula is C12H22N4S. The van der Waals surface area contributed by atoms with Crippen LogP contribution in [0.1, 0.15) is 26.3 Å². The van der Waals surface area contributed by atoms with Gasteiger partial charge in [0.25, 0.3) is 0 Å². The van der Waals surface area contributed by atoms with Crippen molar-refractivity contribution in [3.8, 4) is 0 Å². The van der Waals surface area contributed by atoms with E-state index in [-0.39, 0.29) is 0 Å². The standard InChI is InChI=1S/C12H22N4S/c1-5-10-11(13-6-2)14-8-15-12(10)16-9(3)7-17-4/h8-9H,5-7H2,1-4H3,(H2,13,14,15,16). The van der Waals surface area contributed by atoms with Crippen LogP contribution in [0.15, 0.2) is 6.33 Å². The fraction of sp³-hybridized carbons (Fsp3) is 0.667. The molecule has 0 saturated carbocycles. The molecule has 5 heteroatoms. The summed E-state index contributed by atoms with van der Waals surface area (Å²) in [6.45, 7) is 7.25. The minimum atomic E-state index is 0.416. The molecule has 0 radical (unpaired) electrons. The third kappa shape index (κ3) is 4.07. The van der Waals surface area contributed by atoms with Crippen molar-refractivity contribution in [2.45, 2.75) is 33.2 Å². The Hall–Kier alpha value is -0.970. The van der Waals surface area contributed by atoms with Gasteiger partial charge in [0.2, 0.25) is 0 Å². The molecule has 0 aliphatic carbocycles. The van der Waals surface area contributed by atoms with E-state index in [1.807, 2.05) is 11.8 Å². The summed E-state index contributed by atoms with van der Waals surface area (Å²) in [6.07, 6.45) is 4.66. The van der Waals surface area contributed by atoms with E-state index >= 15 is 0 Å². The zero-order valence-corrected chi connectivity index (χ0v) is 11.9. The fourth-order valence-electron chi connectivity index (χ4n) is 1.72. The fourth-order valence-corrected chi connectivity index (χ4v) is 2.30. The SMILES string of the molecule is CCNc1ncnc(NC(C)CSC)c1CC. The number of anilines is 2. The normalized spacial score (nSPS) is 12.2. The zero-order chi connectivity index (χ0) is 12.7. The molecule has 0 bridgehead atoms. The van der Waals surface area contributed by atoms with Crippen molar-refractivity contribution in [3.63, 3.8) is 0 Å². The summed E-state index contributed by atoms with van der Waals surface area (Å²) in [6, 6.07) is 0.416. The lowest BCUT2D eigenvalue weighted by molar-refractivity contribution is 0.887. The van der Waals surface area contributed by atoms with Crippen LogP contribution in [0.4, 0.5) is 11.6 Å². The van der Waals surface area contributed by atoms with Crippen molar-refractivity contribution in [2.24, 2.45) is 0 Å². The van der Waals surface area contributed by atoms with Gasteiger partial charge in [0.1, 0.15) is 18.0 Å². The van der Waals surface area contributed by atoms with Crippen molar-refractivity contribution in [3.05, 3.63) is 11.9 Å². The van der Waals surface area contributed by atoms with Crippen LogP contribution in [0, 0.1) is 0 Å². The van der Waals surface area contributed by atoms with Crippen LogP contribution >= 0.6 is 11.8 Å². The lowest BCUT2D eigenvalue weighted by atomic mass is 10.2. The van der Waals surface area contributed by atoms with Crippen LogP contribution in [0.25, 0.3) is 0 Å². The maximum absolute atomic E-state index is 4.34. The largest absolute Gasteiger partial charge is 0.370 e. The Balaban J connectivity index is 2.86. The van der Waals surface area contributed by atoms with E-state index in [0.717, 1.165) is 30.4 Å². The Morgan fingerprint density at radius 3 is 2.59 bits per heavy atom. The lowest BCUT2D eigenvalue weighted by Crippen LogP contribution is -2.20. The minimum absolute atomic E-state index is 0.416. The highest BCUT2D eigenvalue weighted by atomic mass is 32.2. The van der Waals surface area contributed by atoms with Gasteiger partial charge in [0.15, 0.2) is 0 Å². The first-order valence-corrected chi connectivity index (χ1v) is 7.45. The van der Waals surface area contributed by atoms with Gasteiger partial charge < -0.3 is 10.6 Å². The van der Waals surface area contributed by atoms with Crippen molar-refractivity contribution in [1.29, 1.82) is 0 Å². The van der Waals surface area contributed by atoms with Gasteiger partial charge in [-0.05, 0) is 26.5 Å². The van der Waals surface area contributed by atoms with Gasteiger partial charge in [-0.25, -0.2) is 9.97 Å². The van der Waals surface area contributed by atoms with E-state index in [4.69, 9.17) is 0 Å². The molecule has 2 N–H and O–H groups in total. The molecule has 1 heterocycles. The van der Waals surface area contributed by atoms with Gasteiger partial charge in [-0.2, -0.15) is 11.8 Å². The van der Waals surface area contributed by atoms with E-state index in [2.05, 4.69) is 47.6 Å². The minimum Gasteiger partial charge on any atom is -0.370 e. The van der Waals surface area contributed by atoms with Gasteiger partial charge in [-0.1, -0.05) is 6.92 Å². The summed E-state index contributed by atoms with van der Waals surface area (Å²) >= 11 is 1.84. The van der Waals surface area contributed by atoms with E-state index in [1.54, 1.807) is 6.33 Å². The van der Waals surface area contributed by atoms with Gasteiger partial charge >= 0.3 is 0 Å². The number of thioether (sulfide) groups is 1. The third-order valence-electron chi connectivity index (χ3n) is 2.44. The number of hydrogen-bond donors (Lipinski definition) is 2. The molecule has 0 aliphatic heterocycles. The molecule has 1 unspecified atom stereocenters. The molecule has 0 saturated heterocycles. The lowest BCUT2D eigenvalue weighted by Gasteiger charge is -2.17. The summed E-state index contributed by atoms with van der Waals surface area (Å²) in [7, 11) is 0. The van der Waals surface area contributed by atoms with Crippen LogP contribution in [-0.2, 0) is 6.42 Å². The van der Waals surface area contributed by atoms with Crippen LogP contribution < -0.4 is 10.6 Å². The van der Waals surface area contributed by atoms with Crippen molar-refractivity contribution >= 4 is 23.4 Å². The Morgan fingerprint density at radius 2 is 2.00 bits per heavy atom. The molecule has 0 aromatic carbocycles. The zero-order valence-electron chi connectivity index (χ0n) is 11.1. The van der Waals surface area contributed by atoms with Crippen LogP contribution in [0.5, 0.6) is 0 Å². The summed E-state index contributed by atoms with van der Waals surface area (Å²) in [5.74, 6) is 2.98. The van der Waals surface area contributed by atoms with Gasteiger partial charge in [-0.15, -0.1) is 0 Å². The predicted octanol–water partition coefficient (Wildman–Crippen LogP) is 2.63. The molecule has 1 aromatic rings. The average Bonchev–Trinajstić information content (AvgIpc) is 2.30. The monoisotopic (exact) mass is 254 g/mol. The van der Waals surface area contributed by atoms with Crippen LogP contribution in [0.3, 0.4) is 0 Å². The molecule has 96 valence electrons. The summed E-state index contributed by atoms with van der Waals surface area (Å²) < 4.78 is 0. The highest BCUT2D eigenvalue weighted by Crippen LogP contribution is 2.21. The maximum Gasteiger partial charge on any atom is 0.134 e. The molecule has 0 spiro atoms. The second kappa shape index (κ2) is 7.37. The molecule has 0 aliphatic rings. The van der Waals surface area contributed by atoms with E-state index < -0.39 is 0 Å². The van der Waals surface area contributed by atoms with E-state index in [1.165, 1.54) is 5.56 Å². The average molecular weight is 254 g/mol. The number of nitrogens with zero attached hydrogens (tertiary/aromatic N) is 2. The van der Waals surface area contributed by atoms with Crippen molar-refractivity contribution < 1.29 is 0 Å². The Labute approximate surface area is 108 Å². The molecule has 1 atom stereocenters. The van der Waals surface area contributed by atoms with Crippen LogP contribution in [-0.4, -0.2) is 34.6 Å². The van der Waals surface area contributed by atoms with Crippen molar-refractivity contribution in [2.75, 3.05) is 29.2 Å². The second-order valence-electron chi connectivity index (χ2n) is 3.93. The molecule has 4 nitrogen and oxygen atoms in total. The molecule has 1 aromatic heterocycles. The molecule has 1 rings (SSSR count). The molecular weight excluding hydrogens is 232 g/mol. The summed E-state index contributed by atoms with van der Waals surface area (Å²) in [4.78, 5) is 8.63. The maximum atomic E-state index is 4.34. The number of hydrogen-bond acceptors (Lipinski definition) is 5. The first-order valence-electron chi connectivity index (χ1n) is 6.06. The summed E-state index contributed by atoms with van der Waals surface area (Å²) in [5.41, 5.74) is 1.17. The summed E-state index contributed by atoms with van der Waals surface area (Å²) in [5, 5.41) is 6.73.